The maximum atomic E-state index is 11.1. The van der Waals surface area contributed by atoms with Crippen molar-refractivity contribution in [1.29, 1.82) is 0 Å². The summed E-state index contributed by atoms with van der Waals surface area (Å²) in [4.78, 5) is 11.1. The highest BCUT2D eigenvalue weighted by atomic mass is 16.5. The molecule has 0 saturated heterocycles. The van der Waals surface area contributed by atoms with E-state index >= 15 is 0 Å². The fourth-order valence-corrected chi connectivity index (χ4v) is 1.74. The minimum atomic E-state index is -0.582. The van der Waals surface area contributed by atoms with Gasteiger partial charge in [-0.1, -0.05) is 19.8 Å². The number of hydrogen-bond acceptors (Lipinski definition) is 5. The van der Waals surface area contributed by atoms with E-state index in [1.54, 1.807) is 20.1 Å². The van der Waals surface area contributed by atoms with Gasteiger partial charge in [-0.3, -0.25) is 0 Å². The Bertz CT molecular complexity index is 489. The molecule has 0 saturated carbocycles. The summed E-state index contributed by atoms with van der Waals surface area (Å²) in [5.41, 5.74) is 3.06. The van der Waals surface area contributed by atoms with Crippen LogP contribution in [0.4, 0.5) is 4.79 Å². The minimum absolute atomic E-state index is 0.305. The second-order valence-corrected chi connectivity index (χ2v) is 4.56. The lowest BCUT2D eigenvalue weighted by Crippen LogP contribution is -2.18. The van der Waals surface area contributed by atoms with Gasteiger partial charge in [-0.05, 0) is 37.1 Å². The van der Waals surface area contributed by atoms with Crippen LogP contribution in [-0.2, 0) is 4.74 Å². The van der Waals surface area contributed by atoms with Crippen molar-refractivity contribution < 1.29 is 19.0 Å². The quantitative estimate of drug-likeness (QED) is 0.431. The highest BCUT2D eigenvalue weighted by Crippen LogP contribution is 2.27. The van der Waals surface area contributed by atoms with Crippen LogP contribution >= 0.6 is 0 Å². The summed E-state index contributed by atoms with van der Waals surface area (Å²) in [7, 11) is 1.59. The van der Waals surface area contributed by atoms with Crippen LogP contribution in [0, 0.1) is 0 Å². The summed E-state index contributed by atoms with van der Waals surface area (Å²) in [5.74, 6) is 1.34. The van der Waals surface area contributed by atoms with E-state index in [0.29, 0.717) is 24.7 Å². The summed E-state index contributed by atoms with van der Waals surface area (Å²) in [5, 5.41) is 3.81. The normalized spacial score (nSPS) is 10.5. The smallest absolute Gasteiger partial charge is 0.427 e. The Morgan fingerprint density at radius 2 is 2.09 bits per heavy atom. The fourth-order valence-electron chi connectivity index (χ4n) is 1.74. The van der Waals surface area contributed by atoms with E-state index < -0.39 is 6.09 Å². The molecule has 0 aliphatic heterocycles. The number of rotatable bonds is 9. The first-order chi connectivity index (χ1) is 10.7. The molecule has 0 radical (unpaired) electrons. The third-order valence-corrected chi connectivity index (χ3v) is 2.84. The first-order valence-corrected chi connectivity index (χ1v) is 7.47. The third-order valence-electron chi connectivity index (χ3n) is 2.84. The lowest BCUT2D eigenvalue weighted by Gasteiger charge is -2.11. The number of amides is 1. The number of carbonyl (C=O) groups is 1. The predicted octanol–water partition coefficient (Wildman–Crippen LogP) is 3.34. The minimum Gasteiger partial charge on any atom is -0.493 e. The van der Waals surface area contributed by atoms with Gasteiger partial charge >= 0.3 is 6.09 Å². The number of carbonyl (C=O) groups excluding carboxylic acids is 1. The average Bonchev–Trinajstić information content (AvgIpc) is 2.52. The summed E-state index contributed by atoms with van der Waals surface area (Å²) in [6, 6.07) is 5.47. The van der Waals surface area contributed by atoms with Gasteiger partial charge in [-0.15, -0.1) is 0 Å². The monoisotopic (exact) mass is 308 g/mol. The Morgan fingerprint density at radius 3 is 2.77 bits per heavy atom. The Hall–Kier alpha value is -2.24. The summed E-state index contributed by atoms with van der Waals surface area (Å²) < 4.78 is 15.7. The maximum Gasteiger partial charge on any atom is 0.427 e. The van der Waals surface area contributed by atoms with Crippen LogP contribution in [0.2, 0.25) is 0 Å². The molecule has 6 nitrogen and oxygen atoms in total. The zero-order chi connectivity index (χ0) is 16.2. The lowest BCUT2D eigenvalue weighted by atomic mass is 10.2. The van der Waals surface area contributed by atoms with Crippen molar-refractivity contribution in [1.82, 2.24) is 5.43 Å². The number of unbranched alkanes of at least 4 members (excludes halogenated alkanes) is 2. The molecule has 1 amide bonds. The van der Waals surface area contributed by atoms with Crippen molar-refractivity contribution in [2.75, 3.05) is 20.3 Å². The number of hydrogen-bond donors (Lipinski definition) is 1. The van der Waals surface area contributed by atoms with Gasteiger partial charge in [0.05, 0.1) is 26.5 Å². The van der Waals surface area contributed by atoms with Gasteiger partial charge in [0.15, 0.2) is 11.5 Å². The van der Waals surface area contributed by atoms with Crippen molar-refractivity contribution in [2.24, 2.45) is 5.10 Å². The topological polar surface area (TPSA) is 69.2 Å². The first kappa shape index (κ1) is 17.8. The molecule has 6 heteroatoms. The van der Waals surface area contributed by atoms with Crippen molar-refractivity contribution >= 4 is 12.3 Å². The maximum absolute atomic E-state index is 11.1. The Morgan fingerprint density at radius 1 is 1.27 bits per heavy atom. The van der Waals surface area contributed by atoms with Crippen LogP contribution < -0.4 is 14.9 Å². The number of hydrazone groups is 1. The highest BCUT2D eigenvalue weighted by molar-refractivity contribution is 5.82. The van der Waals surface area contributed by atoms with Crippen molar-refractivity contribution in [3.05, 3.63) is 23.8 Å². The summed E-state index contributed by atoms with van der Waals surface area (Å²) in [6.45, 7) is 4.85. The van der Waals surface area contributed by atoms with Crippen molar-refractivity contribution in [3.63, 3.8) is 0 Å². The van der Waals surface area contributed by atoms with Gasteiger partial charge in [0, 0.05) is 0 Å². The molecule has 0 unspecified atom stereocenters. The van der Waals surface area contributed by atoms with Crippen molar-refractivity contribution in [3.8, 4) is 11.5 Å². The molecule has 122 valence electrons. The molecule has 1 aromatic rings. The molecule has 1 N–H and O–H groups in total. The molecule has 0 spiro atoms. The van der Waals surface area contributed by atoms with Gasteiger partial charge in [0.2, 0.25) is 0 Å². The molecule has 0 heterocycles. The average molecular weight is 308 g/mol. The van der Waals surface area contributed by atoms with Gasteiger partial charge in [0.25, 0.3) is 0 Å². The van der Waals surface area contributed by atoms with Crippen LogP contribution in [-0.4, -0.2) is 32.6 Å². The number of nitrogens with zero attached hydrogens (tertiary/aromatic N) is 1. The summed E-state index contributed by atoms with van der Waals surface area (Å²) in [6.07, 6.45) is 4.25. The molecule has 0 atom stereocenters. The number of methoxy groups -OCH3 is 1. The van der Waals surface area contributed by atoms with E-state index in [0.717, 1.165) is 24.8 Å². The van der Waals surface area contributed by atoms with E-state index in [9.17, 15) is 4.79 Å². The molecule has 1 aromatic carbocycles. The van der Waals surface area contributed by atoms with E-state index in [4.69, 9.17) is 14.2 Å². The van der Waals surface area contributed by atoms with E-state index in [-0.39, 0.29) is 0 Å². The molecule has 1 rings (SSSR count). The molecular weight excluding hydrogens is 284 g/mol. The lowest BCUT2D eigenvalue weighted by molar-refractivity contribution is 0.152. The van der Waals surface area contributed by atoms with Crippen LogP contribution in [0.25, 0.3) is 0 Å². The second kappa shape index (κ2) is 10.5. The highest BCUT2D eigenvalue weighted by Gasteiger charge is 2.05. The van der Waals surface area contributed by atoms with E-state index in [1.165, 1.54) is 6.21 Å². The van der Waals surface area contributed by atoms with Crippen LogP contribution in [0.3, 0.4) is 0 Å². The van der Waals surface area contributed by atoms with Gasteiger partial charge in [0.1, 0.15) is 0 Å². The third kappa shape index (κ3) is 6.47. The molecule has 22 heavy (non-hydrogen) atoms. The zero-order valence-electron chi connectivity index (χ0n) is 13.4. The zero-order valence-corrected chi connectivity index (χ0v) is 13.4. The Labute approximate surface area is 131 Å². The number of nitrogens with one attached hydrogen (secondary N) is 1. The Kier molecular flexibility index (Phi) is 8.49. The molecular formula is C16H24N2O4. The van der Waals surface area contributed by atoms with Gasteiger partial charge < -0.3 is 14.2 Å². The largest absolute Gasteiger partial charge is 0.493 e. The van der Waals surface area contributed by atoms with E-state index in [1.807, 2.05) is 12.1 Å². The Balaban J connectivity index is 2.59. The van der Waals surface area contributed by atoms with Crippen LogP contribution in [0.1, 0.15) is 38.7 Å². The second-order valence-electron chi connectivity index (χ2n) is 4.56. The molecule has 0 aliphatic rings. The standard InChI is InChI=1S/C16H24N2O4/c1-4-6-7-10-22-14-9-8-13(11-15(14)20-3)12-17-18-16(19)21-5-2/h8-9,11-12H,4-7,10H2,1-3H3,(H,18,19)/b17-12+. The number of benzene rings is 1. The fraction of sp³-hybridized carbons (Fsp3) is 0.500. The first-order valence-electron chi connectivity index (χ1n) is 7.47. The molecule has 0 aromatic heterocycles. The van der Waals surface area contributed by atoms with Gasteiger partial charge in [-0.2, -0.15) is 5.10 Å². The van der Waals surface area contributed by atoms with E-state index in [2.05, 4.69) is 17.5 Å². The molecule has 0 aliphatic carbocycles. The van der Waals surface area contributed by atoms with Crippen LogP contribution in [0.5, 0.6) is 11.5 Å². The summed E-state index contributed by atoms with van der Waals surface area (Å²) >= 11 is 0. The predicted molar refractivity (Wildman–Crippen MR) is 85.8 cm³/mol. The SMILES string of the molecule is CCCCCOc1ccc(/C=N/NC(=O)OCC)cc1OC. The van der Waals surface area contributed by atoms with Crippen molar-refractivity contribution in [2.45, 2.75) is 33.1 Å². The number of ether oxygens (including phenoxy) is 3. The van der Waals surface area contributed by atoms with Gasteiger partial charge in [-0.25, -0.2) is 10.2 Å². The molecule has 0 bridgehead atoms. The van der Waals surface area contributed by atoms with Crippen LogP contribution in [0.15, 0.2) is 23.3 Å². The molecule has 0 fully saturated rings.